The van der Waals surface area contributed by atoms with Crippen LogP contribution in [0.4, 0.5) is 4.79 Å². The van der Waals surface area contributed by atoms with Crippen LogP contribution in [0.15, 0.2) is 0 Å². The fraction of sp³-hybridized carbons (Fsp3) is 0.818. The molecule has 4 heteroatoms. The number of nitrogens with zero attached hydrogens (tertiary/aromatic N) is 1. The van der Waals surface area contributed by atoms with E-state index in [1.54, 1.807) is 0 Å². The van der Waals surface area contributed by atoms with Crippen molar-refractivity contribution in [1.29, 1.82) is 0 Å². The molecule has 2 unspecified atom stereocenters. The van der Waals surface area contributed by atoms with Gasteiger partial charge in [0.2, 0.25) is 0 Å². The minimum absolute atomic E-state index is 0.00419. The largest absolute Gasteiger partial charge is 0.465 e. The smallest absolute Gasteiger partial charge is 0.407 e. The Morgan fingerprint density at radius 3 is 2.60 bits per heavy atom. The predicted octanol–water partition coefficient (Wildman–Crippen LogP) is 1.74. The number of hydrogen-bond acceptors (Lipinski definition) is 2. The van der Waals surface area contributed by atoms with E-state index in [4.69, 9.17) is 5.11 Å². The van der Waals surface area contributed by atoms with E-state index in [1.807, 2.05) is 0 Å². The summed E-state index contributed by atoms with van der Waals surface area (Å²) in [5.41, 5.74) is -0.113. The SMILES string of the molecule is CC(C)(C)C12CCC(=O)C1N(C(=O)O)C2. The van der Waals surface area contributed by atoms with E-state index in [9.17, 15) is 9.59 Å². The van der Waals surface area contributed by atoms with Gasteiger partial charge in [0.05, 0.1) is 0 Å². The van der Waals surface area contributed by atoms with Crippen molar-refractivity contribution in [3.8, 4) is 0 Å². The molecule has 0 bridgehead atoms. The normalized spacial score (nSPS) is 35.0. The first-order valence-corrected chi connectivity index (χ1v) is 5.32. The molecule has 1 saturated heterocycles. The summed E-state index contributed by atoms with van der Waals surface area (Å²) in [4.78, 5) is 23.9. The molecule has 4 nitrogen and oxygen atoms in total. The Kier molecular flexibility index (Phi) is 1.91. The highest BCUT2D eigenvalue weighted by atomic mass is 16.4. The van der Waals surface area contributed by atoms with Gasteiger partial charge in [0.1, 0.15) is 6.04 Å². The number of ketones is 1. The minimum atomic E-state index is -0.963. The van der Waals surface area contributed by atoms with Crippen LogP contribution in [0.2, 0.25) is 0 Å². The number of carboxylic acid groups (broad SMARTS) is 1. The summed E-state index contributed by atoms with van der Waals surface area (Å²) in [6, 6.07) is -0.380. The van der Waals surface area contributed by atoms with Gasteiger partial charge >= 0.3 is 6.09 Å². The Balaban J connectivity index is 2.32. The molecule has 2 fully saturated rings. The third-order valence-electron chi connectivity index (χ3n) is 4.15. The molecule has 1 aliphatic carbocycles. The van der Waals surface area contributed by atoms with Gasteiger partial charge in [0, 0.05) is 18.4 Å². The molecule has 0 spiro atoms. The van der Waals surface area contributed by atoms with Crippen molar-refractivity contribution in [1.82, 2.24) is 4.90 Å². The molecular formula is C11H17NO3. The fourth-order valence-corrected chi connectivity index (χ4v) is 3.05. The molecule has 2 rings (SSSR count). The first-order chi connectivity index (χ1) is 6.79. The maximum absolute atomic E-state index is 11.7. The Bertz CT molecular complexity index is 331. The second kappa shape index (κ2) is 2.74. The van der Waals surface area contributed by atoms with Crippen molar-refractivity contribution in [2.75, 3.05) is 6.54 Å². The highest BCUT2D eigenvalue weighted by Gasteiger charge is 2.65. The second-order valence-corrected chi connectivity index (χ2v) is 5.69. The van der Waals surface area contributed by atoms with Gasteiger partial charge in [-0.05, 0) is 11.8 Å². The van der Waals surface area contributed by atoms with Crippen molar-refractivity contribution < 1.29 is 14.7 Å². The van der Waals surface area contributed by atoms with E-state index in [0.29, 0.717) is 13.0 Å². The van der Waals surface area contributed by atoms with Crippen LogP contribution in [0.3, 0.4) is 0 Å². The summed E-state index contributed by atoms with van der Waals surface area (Å²) >= 11 is 0. The molecule has 0 aromatic rings. The third-order valence-corrected chi connectivity index (χ3v) is 4.15. The predicted molar refractivity (Wildman–Crippen MR) is 54.6 cm³/mol. The maximum Gasteiger partial charge on any atom is 0.407 e. The van der Waals surface area contributed by atoms with E-state index >= 15 is 0 Å². The molecule has 2 atom stereocenters. The number of rotatable bonds is 0. The van der Waals surface area contributed by atoms with E-state index < -0.39 is 6.09 Å². The van der Waals surface area contributed by atoms with Crippen molar-refractivity contribution in [3.05, 3.63) is 0 Å². The van der Waals surface area contributed by atoms with Gasteiger partial charge in [0.15, 0.2) is 5.78 Å². The fourth-order valence-electron chi connectivity index (χ4n) is 3.05. The quantitative estimate of drug-likeness (QED) is 0.664. The monoisotopic (exact) mass is 211 g/mol. The number of fused-ring (bicyclic) bond motifs is 1. The van der Waals surface area contributed by atoms with Gasteiger partial charge in [-0.25, -0.2) is 4.79 Å². The molecule has 0 radical (unpaired) electrons. The van der Waals surface area contributed by atoms with Gasteiger partial charge in [-0.1, -0.05) is 20.8 Å². The molecule has 1 heterocycles. The van der Waals surface area contributed by atoms with Crippen LogP contribution >= 0.6 is 0 Å². The zero-order chi connectivity index (χ0) is 11.4. The average Bonchev–Trinajstić information content (AvgIpc) is 2.21. The van der Waals surface area contributed by atoms with Crippen LogP contribution in [-0.2, 0) is 4.79 Å². The summed E-state index contributed by atoms with van der Waals surface area (Å²) in [5.74, 6) is 0.0959. The molecule has 1 N–H and O–H groups in total. The van der Waals surface area contributed by atoms with Gasteiger partial charge in [0.25, 0.3) is 0 Å². The molecule has 0 aromatic heterocycles. The Hall–Kier alpha value is -1.06. The van der Waals surface area contributed by atoms with Crippen LogP contribution in [0, 0.1) is 10.8 Å². The van der Waals surface area contributed by atoms with Crippen molar-refractivity contribution in [2.24, 2.45) is 10.8 Å². The Morgan fingerprint density at radius 2 is 2.13 bits per heavy atom. The lowest BCUT2D eigenvalue weighted by Gasteiger charge is -2.58. The topological polar surface area (TPSA) is 57.6 Å². The number of hydrogen-bond donors (Lipinski definition) is 1. The van der Waals surface area contributed by atoms with Crippen molar-refractivity contribution >= 4 is 11.9 Å². The van der Waals surface area contributed by atoms with Crippen LogP contribution in [0.1, 0.15) is 33.6 Å². The molecule has 1 amide bonds. The van der Waals surface area contributed by atoms with Crippen LogP contribution in [-0.4, -0.2) is 34.5 Å². The van der Waals surface area contributed by atoms with E-state index in [1.165, 1.54) is 4.90 Å². The zero-order valence-electron chi connectivity index (χ0n) is 9.41. The van der Waals surface area contributed by atoms with Gasteiger partial charge in [-0.2, -0.15) is 0 Å². The number of carbonyl (C=O) groups excluding carboxylic acids is 1. The summed E-state index contributed by atoms with van der Waals surface area (Å²) in [6.07, 6.45) is 0.408. The van der Waals surface area contributed by atoms with Crippen molar-refractivity contribution in [2.45, 2.75) is 39.7 Å². The van der Waals surface area contributed by atoms with Crippen LogP contribution < -0.4 is 0 Å². The third kappa shape index (κ3) is 1.13. The second-order valence-electron chi connectivity index (χ2n) is 5.69. The Labute approximate surface area is 89.3 Å². The van der Waals surface area contributed by atoms with Crippen LogP contribution in [0.5, 0.6) is 0 Å². The lowest BCUT2D eigenvalue weighted by atomic mass is 9.58. The summed E-state index contributed by atoms with van der Waals surface area (Å²) in [6.45, 7) is 6.80. The number of carbonyl (C=O) groups is 2. The standard InChI is InChI=1S/C11H17NO3/c1-10(2,3)11-5-4-7(13)8(11)12(6-11)9(14)15/h8H,4-6H2,1-3H3,(H,14,15). The minimum Gasteiger partial charge on any atom is -0.465 e. The molecule has 84 valence electrons. The summed E-state index contributed by atoms with van der Waals surface area (Å²) in [5, 5.41) is 8.95. The molecule has 2 aliphatic rings. The lowest BCUT2D eigenvalue weighted by Crippen LogP contribution is -2.69. The molecule has 0 aromatic carbocycles. The number of likely N-dealkylation sites (tertiary alicyclic amines) is 1. The first-order valence-electron chi connectivity index (χ1n) is 5.32. The first kappa shape index (κ1) is 10.5. The average molecular weight is 211 g/mol. The van der Waals surface area contributed by atoms with E-state index in [0.717, 1.165) is 6.42 Å². The molecule has 1 saturated carbocycles. The lowest BCUT2D eigenvalue weighted by molar-refractivity contribution is -0.142. The van der Waals surface area contributed by atoms with Gasteiger partial charge in [-0.15, -0.1) is 0 Å². The van der Waals surface area contributed by atoms with E-state index in [-0.39, 0.29) is 22.7 Å². The van der Waals surface area contributed by atoms with Crippen LogP contribution in [0.25, 0.3) is 0 Å². The zero-order valence-corrected chi connectivity index (χ0v) is 9.41. The van der Waals surface area contributed by atoms with Gasteiger partial charge in [-0.3, -0.25) is 9.69 Å². The highest BCUT2D eigenvalue weighted by molar-refractivity contribution is 5.92. The van der Waals surface area contributed by atoms with Crippen molar-refractivity contribution in [3.63, 3.8) is 0 Å². The van der Waals surface area contributed by atoms with E-state index in [2.05, 4.69) is 20.8 Å². The summed E-state index contributed by atoms with van der Waals surface area (Å²) in [7, 11) is 0. The molecule has 1 aliphatic heterocycles. The number of Topliss-reactive ketones (excluding diaryl/α,β-unsaturated/α-hetero) is 1. The number of amides is 1. The highest BCUT2D eigenvalue weighted by Crippen LogP contribution is 2.58. The Morgan fingerprint density at radius 1 is 1.53 bits per heavy atom. The molecule has 15 heavy (non-hydrogen) atoms. The molecular weight excluding hydrogens is 194 g/mol. The van der Waals surface area contributed by atoms with Gasteiger partial charge < -0.3 is 5.11 Å². The summed E-state index contributed by atoms with van der Waals surface area (Å²) < 4.78 is 0. The maximum atomic E-state index is 11.7.